The van der Waals surface area contributed by atoms with Gasteiger partial charge in [0.25, 0.3) is 5.91 Å². The first-order chi connectivity index (χ1) is 14.1. The Labute approximate surface area is 177 Å². The lowest BCUT2D eigenvalue weighted by Crippen LogP contribution is -2.15. The minimum Gasteiger partial charge on any atom is -0.495 e. The largest absolute Gasteiger partial charge is 0.495 e. The van der Waals surface area contributed by atoms with Gasteiger partial charge in [0.05, 0.1) is 23.6 Å². The van der Waals surface area contributed by atoms with Crippen LogP contribution in [-0.4, -0.2) is 29.7 Å². The molecular weight excluding hydrogens is 410 g/mol. The minimum atomic E-state index is -0.271. The second-order valence-electron chi connectivity index (χ2n) is 5.86. The van der Waals surface area contributed by atoms with Gasteiger partial charge in [-0.1, -0.05) is 35.5 Å². The maximum absolute atomic E-state index is 12.4. The molecule has 0 saturated carbocycles. The summed E-state index contributed by atoms with van der Waals surface area (Å²) in [5.41, 5.74) is 1.64. The second-order valence-corrected chi connectivity index (χ2v) is 7.23. The van der Waals surface area contributed by atoms with Crippen molar-refractivity contribution in [3.63, 3.8) is 0 Å². The van der Waals surface area contributed by atoms with Crippen molar-refractivity contribution < 1.29 is 14.3 Å². The van der Waals surface area contributed by atoms with Crippen molar-refractivity contribution in [1.29, 1.82) is 0 Å². The van der Waals surface area contributed by atoms with Crippen LogP contribution < -0.4 is 15.4 Å². The van der Waals surface area contributed by atoms with Gasteiger partial charge >= 0.3 is 0 Å². The third-order valence-corrected chi connectivity index (χ3v) is 5.27. The molecule has 1 aromatic heterocycles. The highest BCUT2D eigenvalue weighted by Gasteiger charge is 2.11. The Hall–Kier alpha value is -3.03. The number of nitrogens with zero attached hydrogens (tertiary/aromatic N) is 1. The van der Waals surface area contributed by atoms with E-state index in [-0.39, 0.29) is 17.6 Å². The molecule has 2 aromatic carbocycles. The van der Waals surface area contributed by atoms with Gasteiger partial charge in [-0.05, 0) is 48.5 Å². The van der Waals surface area contributed by atoms with E-state index >= 15 is 0 Å². The maximum Gasteiger partial charge on any atom is 0.255 e. The molecule has 6 nitrogen and oxygen atoms in total. The molecule has 0 atom stereocenters. The zero-order valence-electron chi connectivity index (χ0n) is 15.5. The van der Waals surface area contributed by atoms with E-state index in [0.717, 1.165) is 0 Å². The minimum absolute atomic E-state index is 0.173. The van der Waals surface area contributed by atoms with Gasteiger partial charge in [0, 0.05) is 17.4 Å². The highest BCUT2D eigenvalue weighted by molar-refractivity contribution is 8.00. The van der Waals surface area contributed by atoms with E-state index in [1.807, 2.05) is 12.1 Å². The molecule has 0 aliphatic heterocycles. The summed E-state index contributed by atoms with van der Waals surface area (Å²) in [4.78, 5) is 28.7. The number of para-hydroxylation sites is 2. The number of hydrogen-bond acceptors (Lipinski definition) is 5. The van der Waals surface area contributed by atoms with Gasteiger partial charge in [0.2, 0.25) is 5.91 Å². The van der Waals surface area contributed by atoms with Crippen LogP contribution in [0.15, 0.2) is 71.9 Å². The molecular formula is C21H18ClN3O3S. The van der Waals surface area contributed by atoms with Crippen LogP contribution in [0, 0.1) is 0 Å². The maximum atomic E-state index is 12.4. The normalized spacial score (nSPS) is 10.3. The molecule has 2 N–H and O–H groups in total. The van der Waals surface area contributed by atoms with Crippen LogP contribution in [0.5, 0.6) is 5.75 Å². The van der Waals surface area contributed by atoms with Crippen LogP contribution in [0.25, 0.3) is 0 Å². The lowest BCUT2D eigenvalue weighted by Gasteiger charge is -2.10. The summed E-state index contributed by atoms with van der Waals surface area (Å²) in [6.07, 6.45) is 1.63. The zero-order chi connectivity index (χ0) is 20.6. The van der Waals surface area contributed by atoms with Crippen molar-refractivity contribution >= 4 is 46.6 Å². The Balaban J connectivity index is 1.56. The number of nitrogens with one attached hydrogen (secondary N) is 2. The molecule has 0 aliphatic carbocycles. The Morgan fingerprint density at radius 1 is 1.03 bits per heavy atom. The standard InChI is InChI=1S/C21H18ClN3O3S/c1-28-18-7-3-2-6-17(18)25-20(27)14-8-10-15(11-9-14)24-19(26)13-29-21-16(22)5-4-12-23-21/h2-12H,13H2,1H3,(H,24,26)(H,25,27). The van der Waals surface area contributed by atoms with Crippen molar-refractivity contribution in [2.75, 3.05) is 23.5 Å². The molecule has 29 heavy (non-hydrogen) atoms. The van der Waals surface area contributed by atoms with Crippen LogP contribution in [0.3, 0.4) is 0 Å². The van der Waals surface area contributed by atoms with Gasteiger partial charge in [0.15, 0.2) is 0 Å². The van der Waals surface area contributed by atoms with Gasteiger partial charge in [0.1, 0.15) is 10.8 Å². The molecule has 0 saturated heterocycles. The third-order valence-electron chi connectivity index (χ3n) is 3.85. The molecule has 0 radical (unpaired) electrons. The summed E-state index contributed by atoms with van der Waals surface area (Å²) in [5.74, 6) is 0.290. The number of ether oxygens (including phenoxy) is 1. The molecule has 0 bridgehead atoms. The van der Waals surface area contributed by atoms with Crippen LogP contribution >= 0.6 is 23.4 Å². The summed E-state index contributed by atoms with van der Waals surface area (Å²) in [7, 11) is 1.54. The number of carbonyl (C=O) groups excluding carboxylic acids is 2. The lowest BCUT2D eigenvalue weighted by molar-refractivity contribution is -0.113. The van der Waals surface area contributed by atoms with E-state index in [0.29, 0.717) is 32.7 Å². The number of aromatic nitrogens is 1. The summed E-state index contributed by atoms with van der Waals surface area (Å²) >= 11 is 7.29. The van der Waals surface area contributed by atoms with E-state index in [4.69, 9.17) is 16.3 Å². The Morgan fingerprint density at radius 2 is 1.79 bits per heavy atom. The van der Waals surface area contributed by atoms with Crippen molar-refractivity contribution in [3.8, 4) is 5.75 Å². The van der Waals surface area contributed by atoms with Gasteiger partial charge < -0.3 is 15.4 Å². The summed E-state index contributed by atoms with van der Waals surface area (Å²) < 4.78 is 5.23. The first-order valence-electron chi connectivity index (χ1n) is 8.64. The van der Waals surface area contributed by atoms with Gasteiger partial charge in [-0.2, -0.15) is 0 Å². The van der Waals surface area contributed by atoms with Gasteiger partial charge in [-0.15, -0.1) is 0 Å². The average molecular weight is 428 g/mol. The summed E-state index contributed by atoms with van der Waals surface area (Å²) in [5, 5.41) is 6.71. The topological polar surface area (TPSA) is 80.3 Å². The van der Waals surface area contributed by atoms with E-state index in [2.05, 4.69) is 15.6 Å². The SMILES string of the molecule is COc1ccccc1NC(=O)c1ccc(NC(=O)CSc2ncccc2Cl)cc1. The van der Waals surface area contributed by atoms with Crippen molar-refractivity contribution in [2.45, 2.75) is 5.03 Å². The van der Waals surface area contributed by atoms with Crippen LogP contribution in [0.2, 0.25) is 5.02 Å². The molecule has 3 rings (SSSR count). The van der Waals surface area contributed by atoms with Crippen molar-refractivity contribution in [1.82, 2.24) is 4.98 Å². The number of halogens is 1. The molecule has 148 valence electrons. The molecule has 8 heteroatoms. The predicted molar refractivity (Wildman–Crippen MR) is 116 cm³/mol. The first kappa shape index (κ1) is 20.7. The Kier molecular flexibility index (Phi) is 7.10. The zero-order valence-corrected chi connectivity index (χ0v) is 17.1. The van der Waals surface area contributed by atoms with Crippen LogP contribution in [0.4, 0.5) is 11.4 Å². The molecule has 0 unspecified atom stereocenters. The molecule has 2 amide bonds. The number of pyridine rings is 1. The number of carbonyl (C=O) groups is 2. The quantitative estimate of drug-likeness (QED) is 0.533. The molecule has 3 aromatic rings. The van der Waals surface area contributed by atoms with E-state index in [9.17, 15) is 9.59 Å². The monoisotopic (exact) mass is 427 g/mol. The highest BCUT2D eigenvalue weighted by atomic mass is 35.5. The van der Waals surface area contributed by atoms with Crippen molar-refractivity contribution in [2.24, 2.45) is 0 Å². The highest BCUT2D eigenvalue weighted by Crippen LogP contribution is 2.25. The van der Waals surface area contributed by atoms with E-state index < -0.39 is 0 Å². The molecule has 0 aliphatic rings. The van der Waals surface area contributed by atoms with Gasteiger partial charge in [-0.3, -0.25) is 9.59 Å². The van der Waals surface area contributed by atoms with Crippen molar-refractivity contribution in [3.05, 3.63) is 77.4 Å². The fraction of sp³-hybridized carbons (Fsp3) is 0.0952. The lowest BCUT2D eigenvalue weighted by atomic mass is 10.2. The number of amides is 2. The summed E-state index contributed by atoms with van der Waals surface area (Å²) in [6.45, 7) is 0. The fourth-order valence-corrected chi connectivity index (χ4v) is 3.42. The number of benzene rings is 2. The molecule has 1 heterocycles. The van der Waals surface area contributed by atoms with Crippen LogP contribution in [-0.2, 0) is 4.79 Å². The smallest absolute Gasteiger partial charge is 0.255 e. The van der Waals surface area contributed by atoms with Crippen LogP contribution in [0.1, 0.15) is 10.4 Å². The third kappa shape index (κ3) is 5.73. The number of hydrogen-bond donors (Lipinski definition) is 2. The van der Waals surface area contributed by atoms with Gasteiger partial charge in [-0.25, -0.2) is 4.98 Å². The number of thioether (sulfide) groups is 1. The molecule has 0 fully saturated rings. The number of anilines is 2. The molecule has 0 spiro atoms. The Morgan fingerprint density at radius 3 is 2.52 bits per heavy atom. The average Bonchev–Trinajstić information content (AvgIpc) is 2.74. The Bertz CT molecular complexity index is 1010. The fourth-order valence-electron chi connectivity index (χ4n) is 2.46. The second kappa shape index (κ2) is 9.95. The predicted octanol–water partition coefficient (Wildman–Crippen LogP) is 4.73. The van der Waals surface area contributed by atoms with E-state index in [1.54, 1.807) is 61.8 Å². The first-order valence-corrected chi connectivity index (χ1v) is 10.0. The number of methoxy groups -OCH3 is 1. The number of rotatable bonds is 7. The summed E-state index contributed by atoms with van der Waals surface area (Å²) in [6, 6.07) is 17.3. The van der Waals surface area contributed by atoms with E-state index in [1.165, 1.54) is 11.8 Å².